The van der Waals surface area contributed by atoms with Crippen molar-refractivity contribution in [1.82, 2.24) is 5.32 Å². The van der Waals surface area contributed by atoms with Crippen molar-refractivity contribution in [2.24, 2.45) is 4.99 Å². The molecular formula is C19H18N2O4S. The molecule has 0 atom stereocenters. The van der Waals surface area contributed by atoms with Crippen LogP contribution in [-0.4, -0.2) is 30.4 Å². The number of amides is 1. The standard InChI is InChI=1S/C19H18N2O4S/c1-11-7-8-14(24-2)13(9-11)20-19-21-18(23)16(26-19)10-12-5-4-6-15(25-3)17(12)22/h4-10,22H,1-3H3,(H,20,21,23)/b16-10-. The average molecular weight is 370 g/mol. The third kappa shape index (κ3) is 3.67. The maximum absolute atomic E-state index is 12.2. The number of nitrogens with zero attached hydrogens (tertiary/aromatic N) is 1. The number of methoxy groups -OCH3 is 2. The highest BCUT2D eigenvalue weighted by Crippen LogP contribution is 2.35. The third-order valence-corrected chi connectivity index (χ3v) is 4.65. The van der Waals surface area contributed by atoms with E-state index in [2.05, 4.69) is 10.3 Å². The molecule has 2 N–H and O–H groups in total. The second kappa shape index (κ2) is 7.53. The van der Waals surface area contributed by atoms with Gasteiger partial charge in [-0.05, 0) is 48.5 Å². The van der Waals surface area contributed by atoms with Crippen molar-refractivity contribution in [1.29, 1.82) is 0 Å². The number of benzene rings is 2. The highest BCUT2D eigenvalue weighted by Gasteiger charge is 2.25. The lowest BCUT2D eigenvalue weighted by Crippen LogP contribution is -2.19. The topological polar surface area (TPSA) is 80.2 Å². The molecular weight excluding hydrogens is 352 g/mol. The predicted octanol–water partition coefficient (Wildman–Crippen LogP) is 3.61. The molecule has 1 saturated heterocycles. The smallest absolute Gasteiger partial charge is 0.264 e. The van der Waals surface area contributed by atoms with Crippen LogP contribution >= 0.6 is 11.8 Å². The molecule has 6 nitrogen and oxygen atoms in total. The molecule has 0 aromatic heterocycles. The Balaban J connectivity index is 1.91. The number of phenols is 1. The van der Waals surface area contributed by atoms with Gasteiger partial charge in [-0.2, -0.15) is 0 Å². The number of carbonyl (C=O) groups excluding carboxylic acids is 1. The van der Waals surface area contributed by atoms with Gasteiger partial charge >= 0.3 is 0 Å². The van der Waals surface area contributed by atoms with Gasteiger partial charge in [0.25, 0.3) is 5.91 Å². The Morgan fingerprint density at radius 1 is 1.15 bits per heavy atom. The first-order valence-electron chi connectivity index (χ1n) is 7.82. The number of amidine groups is 1. The monoisotopic (exact) mass is 370 g/mol. The first-order chi connectivity index (χ1) is 12.5. The Kier molecular flexibility index (Phi) is 5.18. The molecule has 0 saturated carbocycles. The number of aromatic hydroxyl groups is 1. The van der Waals surface area contributed by atoms with Gasteiger partial charge in [-0.15, -0.1) is 0 Å². The Bertz CT molecular complexity index is 922. The van der Waals surface area contributed by atoms with Gasteiger partial charge in [0.2, 0.25) is 0 Å². The second-order valence-corrected chi connectivity index (χ2v) is 6.59. The third-order valence-electron chi connectivity index (χ3n) is 3.74. The van der Waals surface area contributed by atoms with Crippen molar-refractivity contribution < 1.29 is 19.4 Å². The van der Waals surface area contributed by atoms with Gasteiger partial charge in [-0.25, -0.2) is 4.99 Å². The fourth-order valence-corrected chi connectivity index (χ4v) is 3.26. The average Bonchev–Trinajstić information content (AvgIpc) is 2.96. The number of rotatable bonds is 4. The van der Waals surface area contributed by atoms with Crippen LogP contribution in [0.1, 0.15) is 11.1 Å². The Morgan fingerprint density at radius 2 is 1.92 bits per heavy atom. The summed E-state index contributed by atoms with van der Waals surface area (Å²) < 4.78 is 10.4. The lowest BCUT2D eigenvalue weighted by atomic mass is 10.1. The summed E-state index contributed by atoms with van der Waals surface area (Å²) in [6, 6.07) is 10.7. The molecule has 0 radical (unpaired) electrons. The Labute approximate surface area is 155 Å². The number of hydrogen-bond donors (Lipinski definition) is 2. The van der Waals surface area contributed by atoms with E-state index in [1.54, 1.807) is 31.4 Å². The van der Waals surface area contributed by atoms with Crippen LogP contribution in [0.15, 0.2) is 46.3 Å². The zero-order chi connectivity index (χ0) is 18.7. The van der Waals surface area contributed by atoms with Crippen LogP contribution in [0.4, 0.5) is 5.69 Å². The molecule has 0 aliphatic carbocycles. The first kappa shape index (κ1) is 17.9. The number of para-hydroxylation sites is 1. The molecule has 2 aromatic carbocycles. The number of aryl methyl sites for hydroxylation is 1. The number of aliphatic imine (C=N–C) groups is 1. The minimum Gasteiger partial charge on any atom is -0.504 e. The summed E-state index contributed by atoms with van der Waals surface area (Å²) in [7, 11) is 3.05. The van der Waals surface area contributed by atoms with Gasteiger partial charge in [0, 0.05) is 5.56 Å². The van der Waals surface area contributed by atoms with Gasteiger partial charge in [0.05, 0.1) is 19.1 Å². The van der Waals surface area contributed by atoms with E-state index in [-0.39, 0.29) is 11.7 Å². The van der Waals surface area contributed by atoms with E-state index in [0.29, 0.717) is 32.8 Å². The lowest BCUT2D eigenvalue weighted by molar-refractivity contribution is -0.115. The Morgan fingerprint density at radius 3 is 2.65 bits per heavy atom. The molecule has 0 spiro atoms. The van der Waals surface area contributed by atoms with Crippen LogP contribution in [0.25, 0.3) is 6.08 Å². The molecule has 1 fully saturated rings. The molecule has 3 rings (SSSR count). The van der Waals surface area contributed by atoms with Gasteiger partial charge < -0.3 is 19.9 Å². The van der Waals surface area contributed by atoms with Crippen molar-refractivity contribution in [3.05, 3.63) is 52.4 Å². The van der Waals surface area contributed by atoms with Crippen LogP contribution in [0.3, 0.4) is 0 Å². The summed E-state index contributed by atoms with van der Waals surface area (Å²) >= 11 is 1.20. The normalized spacial score (nSPS) is 16.8. The van der Waals surface area contributed by atoms with Crippen molar-refractivity contribution in [3.8, 4) is 17.2 Å². The van der Waals surface area contributed by atoms with Crippen LogP contribution in [0.2, 0.25) is 0 Å². The number of ether oxygens (including phenoxy) is 2. The van der Waals surface area contributed by atoms with E-state index in [1.807, 2.05) is 25.1 Å². The number of phenolic OH excluding ortho intramolecular Hbond substituents is 1. The van der Waals surface area contributed by atoms with Crippen LogP contribution in [-0.2, 0) is 4.79 Å². The van der Waals surface area contributed by atoms with Crippen LogP contribution in [0, 0.1) is 6.92 Å². The molecule has 2 aromatic rings. The molecule has 26 heavy (non-hydrogen) atoms. The summed E-state index contributed by atoms with van der Waals surface area (Å²) in [5, 5.41) is 13.4. The van der Waals surface area contributed by atoms with Gasteiger partial charge in [-0.1, -0.05) is 18.2 Å². The van der Waals surface area contributed by atoms with E-state index < -0.39 is 0 Å². The quantitative estimate of drug-likeness (QED) is 0.804. The van der Waals surface area contributed by atoms with Crippen molar-refractivity contribution >= 4 is 34.6 Å². The zero-order valence-corrected chi connectivity index (χ0v) is 15.4. The van der Waals surface area contributed by atoms with Crippen molar-refractivity contribution in [2.75, 3.05) is 14.2 Å². The highest BCUT2D eigenvalue weighted by molar-refractivity contribution is 8.18. The summed E-state index contributed by atoms with van der Waals surface area (Å²) in [6.07, 6.45) is 1.61. The van der Waals surface area contributed by atoms with Gasteiger partial charge in [0.15, 0.2) is 16.7 Å². The molecule has 1 heterocycles. The maximum Gasteiger partial charge on any atom is 0.264 e. The minimum absolute atomic E-state index is 0.0124. The Hall–Kier alpha value is -2.93. The lowest BCUT2D eigenvalue weighted by Gasteiger charge is -2.06. The zero-order valence-electron chi connectivity index (χ0n) is 14.6. The molecule has 1 amide bonds. The summed E-state index contributed by atoms with van der Waals surface area (Å²) in [6.45, 7) is 1.96. The van der Waals surface area contributed by atoms with E-state index in [9.17, 15) is 9.90 Å². The number of thioether (sulfide) groups is 1. The fraction of sp³-hybridized carbons (Fsp3) is 0.158. The summed E-state index contributed by atoms with van der Waals surface area (Å²) in [5.41, 5.74) is 2.17. The van der Waals surface area contributed by atoms with Crippen molar-refractivity contribution in [3.63, 3.8) is 0 Å². The van der Waals surface area contributed by atoms with Crippen LogP contribution < -0.4 is 14.8 Å². The molecule has 1 aliphatic heterocycles. The number of hydrogen-bond acceptors (Lipinski definition) is 6. The second-order valence-electron chi connectivity index (χ2n) is 5.56. The molecule has 1 aliphatic rings. The number of carbonyl (C=O) groups is 1. The van der Waals surface area contributed by atoms with Gasteiger partial charge in [-0.3, -0.25) is 4.79 Å². The molecule has 0 bridgehead atoms. The van der Waals surface area contributed by atoms with Gasteiger partial charge in [0.1, 0.15) is 11.4 Å². The highest BCUT2D eigenvalue weighted by atomic mass is 32.2. The van der Waals surface area contributed by atoms with E-state index >= 15 is 0 Å². The fourth-order valence-electron chi connectivity index (χ4n) is 2.44. The summed E-state index contributed by atoms with van der Waals surface area (Å²) in [4.78, 5) is 17.2. The van der Waals surface area contributed by atoms with Crippen molar-refractivity contribution in [2.45, 2.75) is 6.92 Å². The largest absolute Gasteiger partial charge is 0.504 e. The minimum atomic E-state index is -0.275. The molecule has 0 unspecified atom stereocenters. The van der Waals surface area contributed by atoms with Crippen LogP contribution in [0.5, 0.6) is 17.2 Å². The molecule has 134 valence electrons. The van der Waals surface area contributed by atoms with E-state index in [0.717, 1.165) is 5.56 Å². The number of nitrogens with one attached hydrogen (secondary N) is 1. The maximum atomic E-state index is 12.2. The summed E-state index contributed by atoms with van der Waals surface area (Å²) in [5.74, 6) is 0.686. The first-order valence-corrected chi connectivity index (χ1v) is 8.63. The van der Waals surface area contributed by atoms with E-state index in [4.69, 9.17) is 9.47 Å². The predicted molar refractivity (Wildman–Crippen MR) is 103 cm³/mol. The SMILES string of the molecule is COc1ccc(C)cc1N=C1NC(=O)/C(=C/c2cccc(OC)c2O)S1. The van der Waals surface area contributed by atoms with E-state index in [1.165, 1.54) is 18.9 Å². The molecule has 7 heteroatoms.